The molecule has 3 aromatic rings. The van der Waals surface area contributed by atoms with Gasteiger partial charge in [-0.3, -0.25) is 4.79 Å². The summed E-state index contributed by atoms with van der Waals surface area (Å²) in [6.45, 7) is 2.08. The number of aryl methyl sites for hydroxylation is 1. The van der Waals surface area contributed by atoms with Crippen LogP contribution in [0.5, 0.6) is 0 Å². The van der Waals surface area contributed by atoms with Crippen LogP contribution in [0.25, 0.3) is 22.8 Å². The van der Waals surface area contributed by atoms with Crippen LogP contribution in [0.15, 0.2) is 24.7 Å². The molecule has 3 aromatic heterocycles. The zero-order valence-electron chi connectivity index (χ0n) is 12.2. The van der Waals surface area contributed by atoms with Gasteiger partial charge in [-0.15, -0.1) is 10.2 Å². The molecule has 9 nitrogen and oxygen atoms in total. The van der Waals surface area contributed by atoms with E-state index in [2.05, 4.69) is 40.8 Å². The molecule has 0 fully saturated rings. The molecule has 1 aliphatic rings. The number of aromatic amines is 1. The third-order valence-corrected chi connectivity index (χ3v) is 3.47. The summed E-state index contributed by atoms with van der Waals surface area (Å²) in [6.07, 6.45) is 3.16. The molecule has 0 spiro atoms. The van der Waals surface area contributed by atoms with Crippen molar-refractivity contribution < 1.29 is 4.79 Å². The molecule has 0 saturated heterocycles. The topological polar surface area (TPSA) is 121 Å². The van der Waals surface area contributed by atoms with E-state index in [-0.39, 0.29) is 12.5 Å². The van der Waals surface area contributed by atoms with Gasteiger partial charge in [-0.2, -0.15) is 0 Å². The minimum absolute atomic E-state index is 0.139. The van der Waals surface area contributed by atoms with E-state index in [9.17, 15) is 4.79 Å². The number of pyridine rings is 1. The Balaban J connectivity index is 1.73. The van der Waals surface area contributed by atoms with Gasteiger partial charge in [0.1, 0.15) is 12.0 Å². The Morgan fingerprint density at radius 3 is 2.83 bits per heavy atom. The molecule has 1 amide bonds. The molecule has 0 aromatic carbocycles. The van der Waals surface area contributed by atoms with Crippen LogP contribution in [0.1, 0.15) is 5.69 Å². The molecule has 0 radical (unpaired) electrons. The SMILES string of the molecule is Cc1nc(-c2nnc[nH]2)ccc1-c1cnc2c(n1)NC(=O)CN2. The highest BCUT2D eigenvalue weighted by Crippen LogP contribution is 2.27. The van der Waals surface area contributed by atoms with Crippen molar-refractivity contribution in [2.24, 2.45) is 0 Å². The van der Waals surface area contributed by atoms with E-state index in [1.54, 1.807) is 6.20 Å². The molecule has 0 bridgehead atoms. The minimum atomic E-state index is -0.139. The highest BCUT2D eigenvalue weighted by Gasteiger charge is 2.18. The molecule has 4 heterocycles. The first-order valence-corrected chi connectivity index (χ1v) is 6.96. The van der Waals surface area contributed by atoms with E-state index in [4.69, 9.17) is 0 Å². The molecule has 4 rings (SSSR count). The van der Waals surface area contributed by atoms with Gasteiger partial charge in [-0.25, -0.2) is 15.0 Å². The summed E-state index contributed by atoms with van der Waals surface area (Å²) in [6, 6.07) is 3.73. The molecule has 0 saturated carbocycles. The van der Waals surface area contributed by atoms with Crippen molar-refractivity contribution in [3.05, 3.63) is 30.4 Å². The fourth-order valence-electron chi connectivity index (χ4n) is 2.37. The monoisotopic (exact) mass is 308 g/mol. The Kier molecular flexibility index (Phi) is 2.97. The highest BCUT2D eigenvalue weighted by atomic mass is 16.2. The number of anilines is 2. The van der Waals surface area contributed by atoms with Gasteiger partial charge in [0, 0.05) is 11.3 Å². The number of amides is 1. The number of carbonyl (C=O) groups is 1. The molecule has 1 aliphatic heterocycles. The number of hydrogen-bond donors (Lipinski definition) is 3. The van der Waals surface area contributed by atoms with Gasteiger partial charge in [-0.1, -0.05) is 0 Å². The van der Waals surface area contributed by atoms with Gasteiger partial charge in [0.2, 0.25) is 5.91 Å². The lowest BCUT2D eigenvalue weighted by molar-refractivity contribution is -0.114. The number of H-pyrrole nitrogens is 1. The number of fused-ring (bicyclic) bond motifs is 1. The van der Waals surface area contributed by atoms with Crippen LogP contribution < -0.4 is 10.6 Å². The average Bonchev–Trinajstić information content (AvgIpc) is 3.08. The third-order valence-electron chi connectivity index (χ3n) is 3.47. The number of hydrogen-bond acceptors (Lipinski definition) is 7. The zero-order chi connectivity index (χ0) is 15.8. The van der Waals surface area contributed by atoms with E-state index < -0.39 is 0 Å². The van der Waals surface area contributed by atoms with Gasteiger partial charge in [-0.05, 0) is 19.1 Å². The van der Waals surface area contributed by atoms with Crippen LogP contribution in [-0.2, 0) is 4.79 Å². The molecule has 23 heavy (non-hydrogen) atoms. The van der Waals surface area contributed by atoms with Crippen molar-refractivity contribution in [2.75, 3.05) is 17.2 Å². The van der Waals surface area contributed by atoms with Crippen LogP contribution in [0.2, 0.25) is 0 Å². The standard InChI is InChI=1S/C14H12N8O/c1-7-8(2-3-9(19-7)12-17-6-18-22-12)10-4-15-13-14(20-10)21-11(23)5-16-13/h2-4,6H,5H2,1H3,(H,15,16)(H,17,18,22)(H,20,21,23). The lowest BCUT2D eigenvalue weighted by Crippen LogP contribution is -2.28. The van der Waals surface area contributed by atoms with Crippen LogP contribution >= 0.6 is 0 Å². The largest absolute Gasteiger partial charge is 0.358 e. The van der Waals surface area contributed by atoms with Crippen molar-refractivity contribution in [1.29, 1.82) is 0 Å². The summed E-state index contributed by atoms with van der Waals surface area (Å²) < 4.78 is 0. The van der Waals surface area contributed by atoms with Crippen LogP contribution in [0.4, 0.5) is 11.6 Å². The third kappa shape index (κ3) is 2.37. The lowest BCUT2D eigenvalue weighted by Gasteiger charge is -2.17. The number of aromatic nitrogens is 6. The maximum atomic E-state index is 11.4. The Labute approximate surface area is 130 Å². The molecule has 0 atom stereocenters. The molecular formula is C14H12N8O. The first kappa shape index (κ1) is 13.3. The second kappa shape index (κ2) is 5.13. The Bertz CT molecular complexity index is 890. The Morgan fingerprint density at radius 2 is 2.04 bits per heavy atom. The van der Waals surface area contributed by atoms with E-state index in [1.807, 2.05) is 19.1 Å². The summed E-state index contributed by atoms with van der Waals surface area (Å²) in [4.78, 5) is 27.6. The van der Waals surface area contributed by atoms with Crippen molar-refractivity contribution in [1.82, 2.24) is 30.1 Å². The van der Waals surface area contributed by atoms with Crippen molar-refractivity contribution in [2.45, 2.75) is 6.92 Å². The molecule has 9 heteroatoms. The lowest BCUT2D eigenvalue weighted by atomic mass is 10.1. The zero-order valence-corrected chi connectivity index (χ0v) is 12.2. The highest BCUT2D eigenvalue weighted by molar-refractivity contribution is 5.98. The fraction of sp³-hybridized carbons (Fsp3) is 0.143. The van der Waals surface area contributed by atoms with Crippen LogP contribution in [-0.4, -0.2) is 42.6 Å². The Morgan fingerprint density at radius 1 is 1.13 bits per heavy atom. The first-order chi connectivity index (χ1) is 11.2. The number of carbonyl (C=O) groups excluding carboxylic acids is 1. The summed E-state index contributed by atoms with van der Waals surface area (Å²) in [5.41, 5.74) is 2.96. The predicted molar refractivity (Wildman–Crippen MR) is 82.5 cm³/mol. The fourth-order valence-corrected chi connectivity index (χ4v) is 2.37. The van der Waals surface area contributed by atoms with E-state index in [1.165, 1.54) is 6.33 Å². The molecule has 0 aliphatic carbocycles. The summed E-state index contributed by atoms with van der Waals surface area (Å²) in [7, 11) is 0. The number of rotatable bonds is 2. The minimum Gasteiger partial charge on any atom is -0.358 e. The summed E-state index contributed by atoms with van der Waals surface area (Å²) in [5, 5.41) is 13.3. The second-order valence-corrected chi connectivity index (χ2v) is 5.02. The first-order valence-electron chi connectivity index (χ1n) is 6.96. The second-order valence-electron chi connectivity index (χ2n) is 5.02. The Hall–Kier alpha value is -3.36. The summed E-state index contributed by atoms with van der Waals surface area (Å²) >= 11 is 0. The van der Waals surface area contributed by atoms with E-state index >= 15 is 0 Å². The normalized spacial score (nSPS) is 13.2. The van der Waals surface area contributed by atoms with Gasteiger partial charge >= 0.3 is 0 Å². The van der Waals surface area contributed by atoms with Gasteiger partial charge in [0.25, 0.3) is 0 Å². The van der Waals surface area contributed by atoms with Gasteiger partial charge < -0.3 is 15.6 Å². The van der Waals surface area contributed by atoms with Gasteiger partial charge in [0.05, 0.1) is 18.4 Å². The van der Waals surface area contributed by atoms with Gasteiger partial charge in [0.15, 0.2) is 17.5 Å². The number of nitrogens with zero attached hydrogens (tertiary/aromatic N) is 5. The van der Waals surface area contributed by atoms with Crippen LogP contribution in [0, 0.1) is 6.92 Å². The van der Waals surface area contributed by atoms with E-state index in [0.717, 1.165) is 11.3 Å². The van der Waals surface area contributed by atoms with E-state index in [0.29, 0.717) is 28.8 Å². The molecule has 114 valence electrons. The van der Waals surface area contributed by atoms with Crippen molar-refractivity contribution in [3.63, 3.8) is 0 Å². The van der Waals surface area contributed by atoms with Crippen molar-refractivity contribution >= 4 is 17.5 Å². The number of nitrogens with one attached hydrogen (secondary N) is 3. The van der Waals surface area contributed by atoms with Crippen LogP contribution in [0.3, 0.4) is 0 Å². The maximum Gasteiger partial charge on any atom is 0.244 e. The van der Waals surface area contributed by atoms with Crippen molar-refractivity contribution in [3.8, 4) is 22.8 Å². The molecular weight excluding hydrogens is 296 g/mol. The quantitative estimate of drug-likeness (QED) is 0.645. The predicted octanol–water partition coefficient (Wildman–Crippen LogP) is 0.996. The molecule has 3 N–H and O–H groups in total. The maximum absolute atomic E-state index is 11.4. The summed E-state index contributed by atoms with van der Waals surface area (Å²) in [5.74, 6) is 1.46. The molecule has 0 unspecified atom stereocenters. The smallest absolute Gasteiger partial charge is 0.244 e. The average molecular weight is 308 g/mol.